The standard InChI is InChI=1S/C9H12N6O/c1-9(2-3-10-5-9)8-12-7(14-16-8)6-4-11-15-13-6/h4,10H,2-3,5H2,1H3,(H,11,13,15). The van der Waals surface area contributed by atoms with Crippen LogP contribution in [0.25, 0.3) is 11.5 Å². The van der Waals surface area contributed by atoms with Crippen LogP contribution in [0.4, 0.5) is 0 Å². The van der Waals surface area contributed by atoms with Crippen molar-refractivity contribution in [2.75, 3.05) is 13.1 Å². The normalized spacial score (nSPS) is 25.1. The molecule has 1 aliphatic heterocycles. The Morgan fingerprint density at radius 2 is 2.44 bits per heavy atom. The Labute approximate surface area is 91.6 Å². The van der Waals surface area contributed by atoms with Gasteiger partial charge in [-0.2, -0.15) is 20.4 Å². The van der Waals surface area contributed by atoms with E-state index in [-0.39, 0.29) is 5.41 Å². The molecule has 3 heterocycles. The van der Waals surface area contributed by atoms with Crippen molar-refractivity contribution in [1.29, 1.82) is 0 Å². The third kappa shape index (κ3) is 1.40. The Balaban J connectivity index is 1.93. The van der Waals surface area contributed by atoms with E-state index in [9.17, 15) is 0 Å². The quantitative estimate of drug-likeness (QED) is 0.746. The van der Waals surface area contributed by atoms with Gasteiger partial charge in [0.2, 0.25) is 11.7 Å². The highest BCUT2D eigenvalue weighted by Crippen LogP contribution is 2.29. The summed E-state index contributed by atoms with van der Waals surface area (Å²) in [5.74, 6) is 1.15. The Hall–Kier alpha value is -1.76. The molecule has 2 aromatic rings. The lowest BCUT2D eigenvalue weighted by atomic mass is 9.90. The lowest BCUT2D eigenvalue weighted by molar-refractivity contribution is 0.306. The lowest BCUT2D eigenvalue weighted by Gasteiger charge is -2.15. The zero-order chi connectivity index (χ0) is 11.0. The molecule has 7 heteroatoms. The van der Waals surface area contributed by atoms with Gasteiger partial charge in [-0.05, 0) is 19.9 Å². The predicted molar refractivity (Wildman–Crippen MR) is 54.5 cm³/mol. The van der Waals surface area contributed by atoms with Gasteiger partial charge in [-0.25, -0.2) is 0 Å². The van der Waals surface area contributed by atoms with E-state index in [2.05, 4.69) is 37.8 Å². The lowest BCUT2D eigenvalue weighted by Crippen LogP contribution is -2.25. The van der Waals surface area contributed by atoms with E-state index in [1.807, 2.05) is 0 Å². The minimum Gasteiger partial charge on any atom is -0.338 e. The topological polar surface area (TPSA) is 92.5 Å². The molecule has 16 heavy (non-hydrogen) atoms. The van der Waals surface area contributed by atoms with E-state index in [0.29, 0.717) is 17.4 Å². The molecular weight excluding hydrogens is 208 g/mol. The number of nitrogens with zero attached hydrogens (tertiary/aromatic N) is 4. The summed E-state index contributed by atoms with van der Waals surface area (Å²) in [6, 6.07) is 0. The smallest absolute Gasteiger partial charge is 0.234 e. The van der Waals surface area contributed by atoms with Crippen molar-refractivity contribution < 1.29 is 4.52 Å². The number of aromatic amines is 1. The maximum absolute atomic E-state index is 5.29. The second-order valence-corrected chi connectivity index (χ2v) is 4.27. The molecule has 0 aromatic carbocycles. The summed E-state index contributed by atoms with van der Waals surface area (Å²) in [5.41, 5.74) is 0.541. The van der Waals surface area contributed by atoms with Gasteiger partial charge in [-0.3, -0.25) is 0 Å². The van der Waals surface area contributed by atoms with Gasteiger partial charge in [0.25, 0.3) is 0 Å². The van der Waals surface area contributed by atoms with Gasteiger partial charge in [0, 0.05) is 6.54 Å². The third-order valence-corrected chi connectivity index (χ3v) is 2.96. The van der Waals surface area contributed by atoms with Crippen molar-refractivity contribution in [1.82, 2.24) is 30.9 Å². The summed E-state index contributed by atoms with van der Waals surface area (Å²) in [7, 11) is 0. The first-order valence-electron chi connectivity index (χ1n) is 5.19. The second-order valence-electron chi connectivity index (χ2n) is 4.27. The van der Waals surface area contributed by atoms with E-state index in [4.69, 9.17) is 4.52 Å². The second kappa shape index (κ2) is 3.38. The highest BCUT2D eigenvalue weighted by Gasteiger charge is 2.36. The fourth-order valence-corrected chi connectivity index (χ4v) is 1.88. The highest BCUT2D eigenvalue weighted by molar-refractivity contribution is 5.45. The van der Waals surface area contributed by atoms with Gasteiger partial charge in [0.1, 0.15) is 0 Å². The van der Waals surface area contributed by atoms with Crippen LogP contribution in [0.2, 0.25) is 0 Å². The average molecular weight is 220 g/mol. The number of aromatic nitrogens is 5. The van der Waals surface area contributed by atoms with Crippen molar-refractivity contribution in [3.05, 3.63) is 12.1 Å². The van der Waals surface area contributed by atoms with E-state index in [0.717, 1.165) is 19.5 Å². The largest absolute Gasteiger partial charge is 0.338 e. The first-order chi connectivity index (χ1) is 7.78. The Bertz CT molecular complexity index is 470. The summed E-state index contributed by atoms with van der Waals surface area (Å²) in [6.07, 6.45) is 2.58. The van der Waals surface area contributed by atoms with E-state index >= 15 is 0 Å². The maximum Gasteiger partial charge on any atom is 0.234 e. The summed E-state index contributed by atoms with van der Waals surface area (Å²) in [4.78, 5) is 4.37. The molecule has 0 saturated carbocycles. The molecule has 1 aliphatic rings. The molecule has 0 bridgehead atoms. The molecule has 0 aliphatic carbocycles. The molecule has 1 saturated heterocycles. The minimum atomic E-state index is -0.0605. The summed E-state index contributed by atoms with van der Waals surface area (Å²) in [6.45, 7) is 3.97. The predicted octanol–water partition coefficient (Wildman–Crippen LogP) is 0.106. The van der Waals surface area contributed by atoms with Crippen molar-refractivity contribution in [3.8, 4) is 11.5 Å². The molecule has 0 amide bonds. The van der Waals surface area contributed by atoms with E-state index < -0.39 is 0 Å². The fourth-order valence-electron chi connectivity index (χ4n) is 1.88. The molecule has 3 rings (SSSR count). The molecule has 0 radical (unpaired) electrons. The van der Waals surface area contributed by atoms with Crippen molar-refractivity contribution >= 4 is 0 Å². The van der Waals surface area contributed by atoms with Gasteiger partial charge in [0.15, 0.2) is 5.69 Å². The number of hydrogen-bond acceptors (Lipinski definition) is 6. The Morgan fingerprint density at radius 3 is 3.12 bits per heavy atom. The zero-order valence-electron chi connectivity index (χ0n) is 8.90. The summed E-state index contributed by atoms with van der Waals surface area (Å²) >= 11 is 0. The van der Waals surface area contributed by atoms with Crippen molar-refractivity contribution in [2.24, 2.45) is 0 Å². The molecule has 2 N–H and O–H groups in total. The summed E-state index contributed by atoms with van der Waals surface area (Å²) in [5, 5.41) is 17.4. The van der Waals surface area contributed by atoms with Crippen LogP contribution in [-0.2, 0) is 5.41 Å². The monoisotopic (exact) mass is 220 g/mol. The number of H-pyrrole nitrogens is 1. The fraction of sp³-hybridized carbons (Fsp3) is 0.556. The van der Waals surface area contributed by atoms with Gasteiger partial charge in [0.05, 0.1) is 11.6 Å². The molecule has 7 nitrogen and oxygen atoms in total. The molecule has 0 spiro atoms. The summed E-state index contributed by atoms with van der Waals surface area (Å²) < 4.78 is 5.29. The first kappa shape index (κ1) is 9.46. The van der Waals surface area contributed by atoms with Crippen molar-refractivity contribution in [2.45, 2.75) is 18.8 Å². The van der Waals surface area contributed by atoms with Crippen LogP contribution in [0.5, 0.6) is 0 Å². The molecular formula is C9H12N6O. The number of rotatable bonds is 2. The molecule has 1 fully saturated rings. The van der Waals surface area contributed by atoms with Crippen LogP contribution in [-0.4, -0.2) is 38.6 Å². The Kier molecular flexibility index (Phi) is 2.00. The van der Waals surface area contributed by atoms with E-state index in [1.165, 1.54) is 0 Å². The van der Waals surface area contributed by atoms with Crippen LogP contribution < -0.4 is 5.32 Å². The number of hydrogen-bond donors (Lipinski definition) is 2. The van der Waals surface area contributed by atoms with Gasteiger partial charge < -0.3 is 9.84 Å². The van der Waals surface area contributed by atoms with Gasteiger partial charge in [-0.15, -0.1) is 0 Å². The Morgan fingerprint density at radius 1 is 1.50 bits per heavy atom. The van der Waals surface area contributed by atoms with Crippen LogP contribution in [0.1, 0.15) is 19.2 Å². The van der Waals surface area contributed by atoms with Crippen LogP contribution >= 0.6 is 0 Å². The molecule has 1 unspecified atom stereocenters. The van der Waals surface area contributed by atoms with Crippen molar-refractivity contribution in [3.63, 3.8) is 0 Å². The van der Waals surface area contributed by atoms with Gasteiger partial charge in [-0.1, -0.05) is 5.16 Å². The molecule has 2 aromatic heterocycles. The van der Waals surface area contributed by atoms with Crippen LogP contribution in [0, 0.1) is 0 Å². The molecule has 1 atom stereocenters. The number of nitrogens with one attached hydrogen (secondary N) is 2. The maximum atomic E-state index is 5.29. The first-order valence-corrected chi connectivity index (χ1v) is 5.19. The van der Waals surface area contributed by atoms with Crippen LogP contribution in [0.3, 0.4) is 0 Å². The third-order valence-electron chi connectivity index (χ3n) is 2.96. The average Bonchev–Trinajstić information content (AvgIpc) is 2.98. The highest BCUT2D eigenvalue weighted by atomic mass is 16.5. The van der Waals surface area contributed by atoms with Crippen LogP contribution in [0.15, 0.2) is 10.7 Å². The van der Waals surface area contributed by atoms with Gasteiger partial charge >= 0.3 is 0 Å². The molecule has 84 valence electrons. The zero-order valence-corrected chi connectivity index (χ0v) is 8.90. The van der Waals surface area contributed by atoms with E-state index in [1.54, 1.807) is 6.20 Å². The SMILES string of the molecule is CC1(c2nc(-c3cn[nH]n3)no2)CCNC1. The minimum absolute atomic E-state index is 0.0605.